The zero-order valence-electron chi connectivity index (χ0n) is 10.9. The second kappa shape index (κ2) is 6.67. The number of anilines is 2. The van der Waals surface area contributed by atoms with Crippen molar-refractivity contribution in [2.24, 2.45) is 0 Å². The number of carbonyl (C=O) groups excluding carboxylic acids is 1. The molecule has 1 aromatic carbocycles. The Morgan fingerprint density at radius 3 is 3.00 bits per heavy atom. The molecule has 2 rings (SSSR count). The van der Waals surface area contributed by atoms with Gasteiger partial charge in [0, 0.05) is 17.9 Å². The molecule has 0 aliphatic carbocycles. The molecule has 5 nitrogen and oxygen atoms in total. The molecule has 0 spiro atoms. The molecule has 0 aliphatic rings. The Kier molecular flexibility index (Phi) is 4.92. The van der Waals surface area contributed by atoms with E-state index in [0.29, 0.717) is 33.8 Å². The summed E-state index contributed by atoms with van der Waals surface area (Å²) in [6, 6.07) is 4.99. The molecule has 0 bridgehead atoms. The monoisotopic (exact) mass is 311 g/mol. The number of thioether (sulfide) groups is 1. The highest BCUT2D eigenvalue weighted by atomic mass is 35.5. The number of amides is 1. The normalized spacial score (nSPS) is 10.5. The van der Waals surface area contributed by atoms with Gasteiger partial charge in [-0.15, -0.1) is 0 Å². The van der Waals surface area contributed by atoms with Crippen LogP contribution in [-0.4, -0.2) is 16.6 Å². The topological polar surface area (TPSA) is 81.2 Å². The highest BCUT2D eigenvalue weighted by Crippen LogP contribution is 2.23. The molecule has 1 aromatic heterocycles. The first-order chi connectivity index (χ1) is 9.54. The third-order valence-electron chi connectivity index (χ3n) is 2.43. The lowest BCUT2D eigenvalue weighted by atomic mass is 10.2. The maximum atomic E-state index is 11.8. The molecular formula is C13H14ClN3O2S. The lowest BCUT2D eigenvalue weighted by Crippen LogP contribution is -2.12. The van der Waals surface area contributed by atoms with Crippen molar-refractivity contribution in [2.45, 2.75) is 18.6 Å². The van der Waals surface area contributed by atoms with E-state index in [1.807, 2.05) is 6.92 Å². The zero-order chi connectivity index (χ0) is 14.5. The zero-order valence-corrected chi connectivity index (χ0v) is 12.4. The van der Waals surface area contributed by atoms with Crippen LogP contribution in [-0.2, 0) is 4.79 Å². The Balaban J connectivity index is 1.79. The fraction of sp³-hybridized carbons (Fsp3) is 0.231. The van der Waals surface area contributed by atoms with Crippen LogP contribution in [0.1, 0.15) is 12.1 Å². The van der Waals surface area contributed by atoms with Crippen molar-refractivity contribution in [2.75, 3.05) is 16.8 Å². The summed E-state index contributed by atoms with van der Waals surface area (Å²) >= 11 is 7.21. The second-order valence-electron chi connectivity index (χ2n) is 4.14. The van der Waals surface area contributed by atoms with Crippen LogP contribution in [0.2, 0.25) is 5.02 Å². The Morgan fingerprint density at radius 1 is 1.55 bits per heavy atom. The van der Waals surface area contributed by atoms with Gasteiger partial charge in [0.05, 0.1) is 16.4 Å². The number of carbonyl (C=O) groups is 1. The number of nitrogens with two attached hydrogens (primary N) is 1. The van der Waals surface area contributed by atoms with E-state index >= 15 is 0 Å². The maximum Gasteiger partial charge on any atom is 0.255 e. The van der Waals surface area contributed by atoms with Crippen molar-refractivity contribution in [3.8, 4) is 0 Å². The molecule has 20 heavy (non-hydrogen) atoms. The number of hydrogen-bond acceptors (Lipinski definition) is 5. The Bertz CT molecular complexity index is 615. The van der Waals surface area contributed by atoms with Gasteiger partial charge in [0.25, 0.3) is 5.22 Å². The first-order valence-electron chi connectivity index (χ1n) is 5.94. The van der Waals surface area contributed by atoms with Gasteiger partial charge < -0.3 is 15.5 Å². The quantitative estimate of drug-likeness (QED) is 0.654. The molecule has 2 aromatic rings. The molecular weight excluding hydrogens is 298 g/mol. The molecule has 0 saturated carbocycles. The third kappa shape index (κ3) is 4.18. The van der Waals surface area contributed by atoms with Gasteiger partial charge >= 0.3 is 0 Å². The molecule has 7 heteroatoms. The van der Waals surface area contributed by atoms with E-state index in [1.165, 1.54) is 11.8 Å². The molecule has 0 atom stereocenters. The summed E-state index contributed by atoms with van der Waals surface area (Å²) in [5.74, 6) is 0.497. The Hall–Kier alpha value is -1.66. The molecule has 1 heterocycles. The molecule has 3 N–H and O–H groups in total. The standard InChI is InChI=1S/C13H14ClN3O2S/c1-8-7-19-13(16-8)20-5-4-12(18)17-9-2-3-10(14)11(15)6-9/h2-3,6-7H,4-5,15H2,1H3,(H,17,18). The fourth-order valence-electron chi connectivity index (χ4n) is 1.47. The van der Waals surface area contributed by atoms with Crippen molar-refractivity contribution < 1.29 is 9.21 Å². The maximum absolute atomic E-state index is 11.8. The van der Waals surface area contributed by atoms with Crippen LogP contribution in [0.3, 0.4) is 0 Å². The van der Waals surface area contributed by atoms with E-state index in [-0.39, 0.29) is 5.91 Å². The number of nitrogen functional groups attached to an aromatic ring is 1. The van der Waals surface area contributed by atoms with Crippen LogP contribution in [0.15, 0.2) is 34.1 Å². The van der Waals surface area contributed by atoms with E-state index < -0.39 is 0 Å². The van der Waals surface area contributed by atoms with Gasteiger partial charge in [0.1, 0.15) is 6.26 Å². The highest BCUT2D eigenvalue weighted by molar-refractivity contribution is 7.99. The van der Waals surface area contributed by atoms with E-state index in [1.54, 1.807) is 24.5 Å². The number of aromatic nitrogens is 1. The number of nitrogens with zero attached hydrogens (tertiary/aromatic N) is 1. The van der Waals surface area contributed by atoms with Gasteiger partial charge in [-0.2, -0.15) is 0 Å². The van der Waals surface area contributed by atoms with Gasteiger partial charge in [-0.05, 0) is 25.1 Å². The van der Waals surface area contributed by atoms with Crippen molar-refractivity contribution in [3.63, 3.8) is 0 Å². The first-order valence-corrected chi connectivity index (χ1v) is 7.31. The van der Waals surface area contributed by atoms with Crippen LogP contribution >= 0.6 is 23.4 Å². The fourth-order valence-corrected chi connectivity index (χ4v) is 2.38. The number of aryl methyl sites for hydroxylation is 1. The second-order valence-corrected chi connectivity index (χ2v) is 5.59. The molecule has 106 valence electrons. The van der Waals surface area contributed by atoms with Crippen molar-refractivity contribution >= 4 is 40.6 Å². The predicted molar refractivity (Wildman–Crippen MR) is 81.1 cm³/mol. The molecule has 0 radical (unpaired) electrons. The van der Waals surface area contributed by atoms with Crippen LogP contribution < -0.4 is 11.1 Å². The molecule has 0 fully saturated rings. The SMILES string of the molecule is Cc1coc(SCCC(=O)Nc2ccc(Cl)c(N)c2)n1. The van der Waals surface area contributed by atoms with Gasteiger partial charge in [-0.3, -0.25) is 4.79 Å². The third-order valence-corrected chi connectivity index (χ3v) is 3.62. The summed E-state index contributed by atoms with van der Waals surface area (Å²) < 4.78 is 5.18. The largest absolute Gasteiger partial charge is 0.440 e. The number of hydrogen-bond donors (Lipinski definition) is 2. The number of halogens is 1. The number of nitrogens with one attached hydrogen (secondary N) is 1. The van der Waals surface area contributed by atoms with Gasteiger partial charge in [-0.1, -0.05) is 23.4 Å². The van der Waals surface area contributed by atoms with Gasteiger partial charge in [0.15, 0.2) is 0 Å². The minimum Gasteiger partial charge on any atom is -0.440 e. The first kappa shape index (κ1) is 14.7. The number of oxazole rings is 1. The predicted octanol–water partition coefficient (Wildman–Crippen LogP) is 3.34. The Labute approximate surface area is 125 Å². The van der Waals surface area contributed by atoms with E-state index in [2.05, 4.69) is 10.3 Å². The number of benzene rings is 1. The lowest BCUT2D eigenvalue weighted by molar-refractivity contribution is -0.115. The minimum absolute atomic E-state index is 0.0949. The summed E-state index contributed by atoms with van der Waals surface area (Å²) in [5.41, 5.74) is 7.57. The van der Waals surface area contributed by atoms with E-state index in [4.69, 9.17) is 21.8 Å². The summed E-state index contributed by atoms with van der Waals surface area (Å²) in [5, 5.41) is 3.80. The summed E-state index contributed by atoms with van der Waals surface area (Å²) in [6.07, 6.45) is 1.94. The van der Waals surface area contributed by atoms with Crippen LogP contribution in [0, 0.1) is 6.92 Å². The van der Waals surface area contributed by atoms with Crippen molar-refractivity contribution in [1.29, 1.82) is 0 Å². The molecule has 0 aliphatic heterocycles. The average Bonchev–Trinajstić information content (AvgIpc) is 2.80. The van der Waals surface area contributed by atoms with E-state index in [0.717, 1.165) is 5.69 Å². The minimum atomic E-state index is -0.0949. The van der Waals surface area contributed by atoms with Gasteiger partial charge in [-0.25, -0.2) is 4.98 Å². The van der Waals surface area contributed by atoms with E-state index in [9.17, 15) is 4.79 Å². The van der Waals surface area contributed by atoms with Crippen molar-refractivity contribution in [1.82, 2.24) is 4.98 Å². The lowest BCUT2D eigenvalue weighted by Gasteiger charge is -2.06. The molecule has 0 saturated heterocycles. The number of rotatable bonds is 5. The molecule has 1 amide bonds. The summed E-state index contributed by atoms with van der Waals surface area (Å²) in [4.78, 5) is 15.9. The summed E-state index contributed by atoms with van der Waals surface area (Å²) in [7, 11) is 0. The summed E-state index contributed by atoms with van der Waals surface area (Å²) in [6.45, 7) is 1.85. The van der Waals surface area contributed by atoms with Crippen LogP contribution in [0.5, 0.6) is 0 Å². The van der Waals surface area contributed by atoms with Gasteiger partial charge in [0.2, 0.25) is 5.91 Å². The smallest absolute Gasteiger partial charge is 0.255 e. The van der Waals surface area contributed by atoms with Crippen molar-refractivity contribution in [3.05, 3.63) is 35.2 Å². The molecule has 0 unspecified atom stereocenters. The Morgan fingerprint density at radius 2 is 2.35 bits per heavy atom. The van der Waals surface area contributed by atoms with Crippen LogP contribution in [0.4, 0.5) is 11.4 Å². The average molecular weight is 312 g/mol. The highest BCUT2D eigenvalue weighted by Gasteiger charge is 2.06. The van der Waals surface area contributed by atoms with Crippen LogP contribution in [0.25, 0.3) is 0 Å².